The third-order valence-electron chi connectivity index (χ3n) is 2.30. The third kappa shape index (κ3) is 5.30. The molecule has 0 aliphatic carbocycles. The van der Waals surface area contributed by atoms with E-state index in [-0.39, 0.29) is 0 Å². The first-order valence-electron chi connectivity index (χ1n) is 5.80. The molecule has 0 fully saturated rings. The van der Waals surface area contributed by atoms with Crippen LogP contribution in [0.5, 0.6) is 5.75 Å². The predicted molar refractivity (Wildman–Crippen MR) is 89.7 cm³/mol. The maximum Gasteiger partial charge on any atom is 0.145 e. The summed E-state index contributed by atoms with van der Waals surface area (Å²) in [5.74, 6) is 1.04. The molecule has 0 radical (unpaired) electrons. The molecule has 2 nitrogen and oxygen atoms in total. The summed E-state index contributed by atoms with van der Waals surface area (Å²) in [5, 5.41) is 0. The van der Waals surface area contributed by atoms with Crippen LogP contribution < -0.4 is 4.74 Å². The van der Waals surface area contributed by atoms with Crippen molar-refractivity contribution in [3.63, 3.8) is 0 Å². The van der Waals surface area contributed by atoms with Crippen LogP contribution in [0.3, 0.4) is 0 Å². The van der Waals surface area contributed by atoms with E-state index < -0.39 is 0 Å². The molecule has 0 aliphatic heterocycles. The zero-order valence-electron chi connectivity index (χ0n) is 10.6. The first-order valence-corrected chi connectivity index (χ1v) is 7.95. The van der Waals surface area contributed by atoms with Crippen molar-refractivity contribution in [3.8, 4) is 5.75 Å². The summed E-state index contributed by atoms with van der Waals surface area (Å²) in [7, 11) is 4.18. The average molecular weight is 459 g/mol. The molecule has 1 rings (SSSR count). The van der Waals surface area contributed by atoms with Crippen molar-refractivity contribution in [3.05, 3.63) is 24.8 Å². The zero-order valence-corrected chi connectivity index (χ0v) is 14.9. The number of hydrogen-bond donors (Lipinski definition) is 0. The van der Waals surface area contributed by atoms with Crippen LogP contribution in [-0.4, -0.2) is 25.6 Å². The Kier molecular flexibility index (Phi) is 7.10. The Hall–Kier alpha value is 0.440. The van der Waals surface area contributed by atoms with Gasteiger partial charge in [-0.3, -0.25) is 0 Å². The third-order valence-corrected chi connectivity index (χ3v) is 3.90. The standard InChI is InChI=1S/C13H19I2NO/c1-4-5-6-17-13-11(14)7-10(8-12(13)15)9-16(2)3/h7-8H,4-6,9H2,1-3H3. The van der Waals surface area contributed by atoms with Crippen LogP contribution in [0.1, 0.15) is 25.3 Å². The smallest absolute Gasteiger partial charge is 0.145 e. The van der Waals surface area contributed by atoms with Crippen LogP contribution in [0.25, 0.3) is 0 Å². The Morgan fingerprint density at radius 1 is 1.18 bits per heavy atom. The molecule has 0 N–H and O–H groups in total. The van der Waals surface area contributed by atoms with Crippen LogP contribution in [0.15, 0.2) is 12.1 Å². The van der Waals surface area contributed by atoms with E-state index in [4.69, 9.17) is 4.74 Å². The summed E-state index contributed by atoms with van der Waals surface area (Å²) in [6, 6.07) is 4.42. The minimum Gasteiger partial charge on any atom is -0.491 e. The van der Waals surface area contributed by atoms with E-state index in [0.29, 0.717) is 0 Å². The molecule has 4 heteroatoms. The van der Waals surface area contributed by atoms with Gasteiger partial charge in [0.15, 0.2) is 0 Å². The summed E-state index contributed by atoms with van der Waals surface area (Å²) in [5.41, 5.74) is 1.34. The second-order valence-electron chi connectivity index (χ2n) is 4.33. The lowest BCUT2D eigenvalue weighted by atomic mass is 10.2. The van der Waals surface area contributed by atoms with Crippen molar-refractivity contribution in [2.75, 3.05) is 20.7 Å². The molecule has 0 spiro atoms. The second kappa shape index (κ2) is 7.78. The molecule has 0 bridgehead atoms. The van der Waals surface area contributed by atoms with Gasteiger partial charge in [-0.05, 0) is 83.4 Å². The molecule has 0 heterocycles. The van der Waals surface area contributed by atoms with Gasteiger partial charge < -0.3 is 9.64 Å². The quantitative estimate of drug-likeness (QED) is 0.469. The summed E-state index contributed by atoms with van der Waals surface area (Å²) >= 11 is 4.72. The van der Waals surface area contributed by atoms with Gasteiger partial charge in [-0.15, -0.1) is 0 Å². The number of halogens is 2. The highest BCUT2D eigenvalue weighted by Crippen LogP contribution is 2.29. The fraction of sp³-hybridized carbons (Fsp3) is 0.538. The molecule has 1 aromatic carbocycles. The number of nitrogens with zero attached hydrogens (tertiary/aromatic N) is 1. The van der Waals surface area contributed by atoms with Gasteiger partial charge in [-0.25, -0.2) is 0 Å². The first-order chi connectivity index (χ1) is 8.04. The molecular weight excluding hydrogens is 440 g/mol. The fourth-order valence-electron chi connectivity index (χ4n) is 1.53. The van der Waals surface area contributed by atoms with Crippen molar-refractivity contribution >= 4 is 45.2 Å². The van der Waals surface area contributed by atoms with Crippen LogP contribution in [-0.2, 0) is 6.54 Å². The van der Waals surface area contributed by atoms with Crippen molar-refractivity contribution in [2.24, 2.45) is 0 Å². The molecule has 0 aliphatic rings. The van der Waals surface area contributed by atoms with Gasteiger partial charge in [-0.1, -0.05) is 13.3 Å². The van der Waals surface area contributed by atoms with Gasteiger partial charge in [0.1, 0.15) is 5.75 Å². The number of rotatable bonds is 6. The maximum atomic E-state index is 5.84. The molecule has 0 atom stereocenters. The summed E-state index contributed by atoms with van der Waals surface area (Å²) in [6.45, 7) is 3.97. The van der Waals surface area contributed by atoms with E-state index in [1.807, 2.05) is 0 Å². The monoisotopic (exact) mass is 459 g/mol. The van der Waals surface area contributed by atoms with E-state index in [2.05, 4.69) is 83.2 Å². The van der Waals surface area contributed by atoms with Gasteiger partial charge in [0.05, 0.1) is 13.7 Å². The number of hydrogen-bond acceptors (Lipinski definition) is 2. The second-order valence-corrected chi connectivity index (χ2v) is 6.65. The highest BCUT2D eigenvalue weighted by Gasteiger charge is 2.09. The van der Waals surface area contributed by atoms with Gasteiger partial charge in [0.2, 0.25) is 0 Å². The van der Waals surface area contributed by atoms with Crippen LogP contribution in [0.2, 0.25) is 0 Å². The minimum atomic E-state index is 0.815. The van der Waals surface area contributed by atoms with E-state index in [0.717, 1.165) is 25.3 Å². The maximum absolute atomic E-state index is 5.84. The predicted octanol–water partition coefficient (Wildman–Crippen LogP) is 4.14. The fourth-order valence-corrected chi connectivity index (χ4v) is 3.73. The van der Waals surface area contributed by atoms with E-state index in [1.165, 1.54) is 19.1 Å². The van der Waals surface area contributed by atoms with Crippen molar-refractivity contribution in [2.45, 2.75) is 26.3 Å². The lowest BCUT2D eigenvalue weighted by Crippen LogP contribution is -2.11. The highest BCUT2D eigenvalue weighted by molar-refractivity contribution is 14.1. The molecule has 0 saturated carbocycles. The summed E-state index contributed by atoms with van der Waals surface area (Å²) < 4.78 is 8.26. The number of benzene rings is 1. The molecule has 0 amide bonds. The largest absolute Gasteiger partial charge is 0.491 e. The Morgan fingerprint density at radius 2 is 1.76 bits per heavy atom. The topological polar surface area (TPSA) is 12.5 Å². The van der Waals surface area contributed by atoms with Crippen molar-refractivity contribution < 1.29 is 4.74 Å². The molecule has 96 valence electrons. The minimum absolute atomic E-state index is 0.815. The van der Waals surface area contributed by atoms with Crippen LogP contribution in [0.4, 0.5) is 0 Å². The lowest BCUT2D eigenvalue weighted by Gasteiger charge is -2.14. The summed E-state index contributed by atoms with van der Waals surface area (Å²) in [4.78, 5) is 2.18. The molecule has 0 aromatic heterocycles. The normalized spacial score (nSPS) is 10.9. The SMILES string of the molecule is CCCCOc1c(I)cc(CN(C)C)cc1I. The summed E-state index contributed by atoms with van der Waals surface area (Å²) in [6.07, 6.45) is 2.29. The highest BCUT2D eigenvalue weighted by atomic mass is 127. The molecule has 0 saturated heterocycles. The first kappa shape index (κ1) is 15.5. The Bertz CT molecular complexity index is 343. The van der Waals surface area contributed by atoms with E-state index >= 15 is 0 Å². The van der Waals surface area contributed by atoms with Crippen LogP contribution >= 0.6 is 45.2 Å². The van der Waals surface area contributed by atoms with E-state index in [9.17, 15) is 0 Å². The Morgan fingerprint density at radius 3 is 2.24 bits per heavy atom. The Balaban J connectivity index is 2.79. The molecule has 17 heavy (non-hydrogen) atoms. The van der Waals surface area contributed by atoms with Gasteiger partial charge >= 0.3 is 0 Å². The lowest BCUT2D eigenvalue weighted by molar-refractivity contribution is 0.305. The average Bonchev–Trinajstić information content (AvgIpc) is 2.21. The molecule has 1 aromatic rings. The van der Waals surface area contributed by atoms with Gasteiger partial charge in [0, 0.05) is 6.54 Å². The molecule has 0 unspecified atom stereocenters. The van der Waals surface area contributed by atoms with Crippen molar-refractivity contribution in [1.29, 1.82) is 0 Å². The van der Waals surface area contributed by atoms with Gasteiger partial charge in [-0.2, -0.15) is 0 Å². The zero-order chi connectivity index (χ0) is 12.8. The number of ether oxygens (including phenoxy) is 1. The number of unbranched alkanes of at least 4 members (excludes halogenated alkanes) is 1. The van der Waals surface area contributed by atoms with Crippen LogP contribution in [0, 0.1) is 7.14 Å². The van der Waals surface area contributed by atoms with E-state index in [1.54, 1.807) is 0 Å². The Labute approximate surface area is 131 Å². The molecular formula is C13H19I2NO. The van der Waals surface area contributed by atoms with Gasteiger partial charge in [0.25, 0.3) is 0 Å². The van der Waals surface area contributed by atoms with Crippen molar-refractivity contribution in [1.82, 2.24) is 4.90 Å².